The number of nitrogens with zero attached hydrogens (tertiary/aromatic N) is 1. The van der Waals surface area contributed by atoms with Gasteiger partial charge >= 0.3 is 0 Å². The van der Waals surface area contributed by atoms with Gasteiger partial charge in [-0.05, 0) is 25.0 Å². The lowest BCUT2D eigenvalue weighted by Gasteiger charge is -2.31. The van der Waals surface area contributed by atoms with Crippen LogP contribution in [0, 0.1) is 5.92 Å². The number of carbonyl (C=O) groups is 2. The van der Waals surface area contributed by atoms with E-state index in [1.165, 1.54) is 0 Å². The number of nitrogens with one attached hydrogen (secondary N) is 1. The molecule has 0 saturated carbocycles. The quantitative estimate of drug-likeness (QED) is 0.905. The molecule has 20 heavy (non-hydrogen) atoms. The molecule has 1 aromatic rings. The Bertz CT molecular complexity index is 494. The van der Waals surface area contributed by atoms with E-state index in [9.17, 15) is 9.59 Å². The van der Waals surface area contributed by atoms with Crippen LogP contribution in [0.25, 0.3) is 0 Å². The Hall–Kier alpha value is -2.04. The molecule has 0 atom stereocenters. The fourth-order valence-electron chi connectivity index (χ4n) is 2.54. The first-order chi connectivity index (χ1) is 9.67. The van der Waals surface area contributed by atoms with Gasteiger partial charge in [0.15, 0.2) is 0 Å². The Morgan fingerprint density at radius 2 is 1.90 bits per heavy atom. The van der Waals surface area contributed by atoms with Gasteiger partial charge in [-0.1, -0.05) is 12.1 Å². The number of hydrogen-bond donors (Lipinski definition) is 1. The zero-order valence-electron chi connectivity index (χ0n) is 11.9. The molecule has 108 valence electrons. The number of likely N-dealkylation sites (tertiary alicyclic amines) is 1. The van der Waals surface area contributed by atoms with Crippen molar-refractivity contribution in [3.8, 4) is 5.75 Å². The Kier molecular flexibility index (Phi) is 4.61. The van der Waals surface area contributed by atoms with Gasteiger partial charge in [0.25, 0.3) is 5.91 Å². The van der Waals surface area contributed by atoms with Crippen LogP contribution >= 0.6 is 0 Å². The van der Waals surface area contributed by atoms with Crippen LogP contribution in [0.2, 0.25) is 0 Å². The second kappa shape index (κ2) is 6.41. The Morgan fingerprint density at radius 3 is 2.50 bits per heavy atom. The Morgan fingerprint density at radius 1 is 1.25 bits per heavy atom. The third kappa shape index (κ3) is 2.92. The highest BCUT2D eigenvalue weighted by atomic mass is 16.5. The smallest absolute Gasteiger partial charge is 0.257 e. The van der Waals surface area contributed by atoms with Crippen molar-refractivity contribution in [1.82, 2.24) is 10.2 Å². The average Bonchev–Trinajstić information content (AvgIpc) is 2.53. The van der Waals surface area contributed by atoms with Gasteiger partial charge in [0.05, 0.1) is 12.7 Å². The molecule has 2 rings (SSSR count). The molecule has 2 amide bonds. The summed E-state index contributed by atoms with van der Waals surface area (Å²) < 4.78 is 5.22. The van der Waals surface area contributed by atoms with Crippen molar-refractivity contribution < 1.29 is 14.3 Å². The van der Waals surface area contributed by atoms with Crippen molar-refractivity contribution in [3.05, 3.63) is 29.8 Å². The summed E-state index contributed by atoms with van der Waals surface area (Å²) in [4.78, 5) is 25.8. The molecular weight excluding hydrogens is 256 g/mol. The fourth-order valence-corrected chi connectivity index (χ4v) is 2.54. The third-order valence-electron chi connectivity index (χ3n) is 3.74. The first-order valence-electron chi connectivity index (χ1n) is 6.81. The topological polar surface area (TPSA) is 58.6 Å². The first kappa shape index (κ1) is 14.4. The fraction of sp³-hybridized carbons (Fsp3) is 0.467. The Labute approximate surface area is 118 Å². The van der Waals surface area contributed by atoms with Gasteiger partial charge in [-0.15, -0.1) is 0 Å². The van der Waals surface area contributed by atoms with Crippen molar-refractivity contribution in [3.63, 3.8) is 0 Å². The maximum Gasteiger partial charge on any atom is 0.257 e. The minimum atomic E-state index is -0.0298. The van der Waals surface area contributed by atoms with Crippen LogP contribution in [0.1, 0.15) is 23.2 Å². The van der Waals surface area contributed by atoms with Crippen molar-refractivity contribution in [2.45, 2.75) is 12.8 Å². The molecule has 5 nitrogen and oxygen atoms in total. The highest BCUT2D eigenvalue weighted by Crippen LogP contribution is 2.23. The van der Waals surface area contributed by atoms with E-state index in [1.54, 1.807) is 31.2 Å². The van der Waals surface area contributed by atoms with Gasteiger partial charge in [-0.3, -0.25) is 9.59 Å². The van der Waals surface area contributed by atoms with E-state index >= 15 is 0 Å². The monoisotopic (exact) mass is 276 g/mol. The number of methoxy groups -OCH3 is 1. The van der Waals surface area contributed by atoms with Crippen molar-refractivity contribution in [2.24, 2.45) is 5.92 Å². The SMILES string of the molecule is CNC(=O)C1CCN(C(=O)c2ccccc2OC)CC1. The van der Waals surface area contributed by atoms with E-state index in [0.29, 0.717) is 37.2 Å². The summed E-state index contributed by atoms with van der Waals surface area (Å²) in [5, 5.41) is 2.67. The molecule has 0 spiro atoms. The molecule has 1 heterocycles. The number of ether oxygens (including phenoxy) is 1. The van der Waals surface area contributed by atoms with Crippen molar-refractivity contribution in [1.29, 1.82) is 0 Å². The molecule has 0 unspecified atom stereocenters. The van der Waals surface area contributed by atoms with E-state index in [-0.39, 0.29) is 17.7 Å². The number of piperidine rings is 1. The van der Waals surface area contributed by atoms with E-state index in [1.807, 2.05) is 12.1 Å². The summed E-state index contributed by atoms with van der Waals surface area (Å²) in [5.74, 6) is 0.639. The molecule has 0 aliphatic carbocycles. The lowest BCUT2D eigenvalue weighted by molar-refractivity contribution is -0.125. The summed E-state index contributed by atoms with van der Waals surface area (Å²) in [5.41, 5.74) is 0.577. The van der Waals surface area contributed by atoms with Crippen LogP contribution in [-0.2, 0) is 4.79 Å². The van der Waals surface area contributed by atoms with Crippen molar-refractivity contribution >= 4 is 11.8 Å². The molecule has 0 radical (unpaired) electrons. The van der Waals surface area contributed by atoms with Gasteiger partial charge in [0.1, 0.15) is 5.75 Å². The van der Waals surface area contributed by atoms with Gasteiger partial charge in [0, 0.05) is 26.1 Å². The van der Waals surface area contributed by atoms with E-state index < -0.39 is 0 Å². The summed E-state index contributed by atoms with van der Waals surface area (Å²) >= 11 is 0. The lowest BCUT2D eigenvalue weighted by Crippen LogP contribution is -2.42. The zero-order chi connectivity index (χ0) is 14.5. The Balaban J connectivity index is 2.03. The van der Waals surface area contributed by atoms with E-state index in [4.69, 9.17) is 4.74 Å². The third-order valence-corrected chi connectivity index (χ3v) is 3.74. The normalized spacial score (nSPS) is 15.8. The maximum absolute atomic E-state index is 12.5. The summed E-state index contributed by atoms with van der Waals surface area (Å²) in [7, 11) is 3.21. The van der Waals surface area contributed by atoms with Crippen LogP contribution in [0.15, 0.2) is 24.3 Å². The number of para-hydroxylation sites is 1. The number of carbonyl (C=O) groups excluding carboxylic acids is 2. The van der Waals surface area contributed by atoms with Gasteiger partial charge in [0.2, 0.25) is 5.91 Å². The lowest BCUT2D eigenvalue weighted by atomic mass is 9.95. The highest BCUT2D eigenvalue weighted by molar-refractivity contribution is 5.97. The molecule has 1 fully saturated rings. The standard InChI is InChI=1S/C15H20N2O3/c1-16-14(18)11-7-9-17(10-8-11)15(19)12-5-3-4-6-13(12)20-2/h3-6,11H,7-10H2,1-2H3,(H,16,18). The largest absolute Gasteiger partial charge is 0.496 e. The minimum Gasteiger partial charge on any atom is -0.496 e. The molecule has 1 N–H and O–H groups in total. The predicted molar refractivity (Wildman–Crippen MR) is 75.7 cm³/mol. The molecule has 1 aromatic carbocycles. The number of amides is 2. The molecule has 5 heteroatoms. The van der Waals surface area contributed by atoms with Crippen molar-refractivity contribution in [2.75, 3.05) is 27.2 Å². The van der Waals surface area contributed by atoms with E-state index in [2.05, 4.69) is 5.32 Å². The van der Waals surface area contributed by atoms with Crippen LogP contribution in [0.4, 0.5) is 0 Å². The summed E-state index contributed by atoms with van der Waals surface area (Å²) in [6.45, 7) is 1.21. The van der Waals surface area contributed by atoms with Gasteiger partial charge in [-0.25, -0.2) is 0 Å². The molecule has 1 saturated heterocycles. The van der Waals surface area contributed by atoms with Crippen LogP contribution < -0.4 is 10.1 Å². The van der Waals surface area contributed by atoms with Gasteiger partial charge in [-0.2, -0.15) is 0 Å². The minimum absolute atomic E-state index is 0.0155. The maximum atomic E-state index is 12.5. The first-order valence-corrected chi connectivity index (χ1v) is 6.81. The molecule has 1 aliphatic rings. The predicted octanol–water partition coefficient (Wildman–Crippen LogP) is 1.29. The molecular formula is C15H20N2O3. The molecule has 1 aliphatic heterocycles. The molecule has 0 aromatic heterocycles. The zero-order valence-corrected chi connectivity index (χ0v) is 11.9. The second-order valence-electron chi connectivity index (χ2n) is 4.88. The average molecular weight is 276 g/mol. The highest BCUT2D eigenvalue weighted by Gasteiger charge is 2.28. The number of hydrogen-bond acceptors (Lipinski definition) is 3. The summed E-state index contributed by atoms with van der Waals surface area (Å²) in [6.07, 6.45) is 1.42. The van der Waals surface area contributed by atoms with E-state index in [0.717, 1.165) is 0 Å². The van der Waals surface area contributed by atoms with Crippen LogP contribution in [0.3, 0.4) is 0 Å². The molecule has 0 bridgehead atoms. The van der Waals surface area contributed by atoms with Crippen LogP contribution in [0.5, 0.6) is 5.75 Å². The van der Waals surface area contributed by atoms with Gasteiger partial charge < -0.3 is 15.0 Å². The number of rotatable bonds is 3. The second-order valence-corrected chi connectivity index (χ2v) is 4.88. The summed E-state index contributed by atoms with van der Waals surface area (Å²) in [6, 6.07) is 7.22. The van der Waals surface area contributed by atoms with Crippen LogP contribution in [-0.4, -0.2) is 44.0 Å². The number of benzene rings is 1.